The van der Waals surface area contributed by atoms with Crippen molar-refractivity contribution in [3.8, 4) is 22.4 Å². The van der Waals surface area contributed by atoms with Crippen LogP contribution in [0, 0.1) is 0 Å². The molecule has 0 bridgehead atoms. The average molecular weight is 375 g/mol. The van der Waals surface area contributed by atoms with Crippen LogP contribution in [0.3, 0.4) is 0 Å². The fraction of sp³-hybridized carbons (Fsp3) is 0.273. The van der Waals surface area contributed by atoms with Gasteiger partial charge in [0.05, 0.1) is 22.3 Å². The lowest BCUT2D eigenvalue weighted by molar-refractivity contribution is 0.671. The molecular weight excluding hydrogens is 350 g/mol. The minimum atomic E-state index is 0.0412. The third-order valence-corrected chi connectivity index (χ3v) is 5.11. The number of hydrogen-bond donors (Lipinski definition) is 2. The topological polar surface area (TPSA) is 67.6 Å². The van der Waals surface area contributed by atoms with E-state index in [0.717, 1.165) is 45.8 Å². The fourth-order valence-corrected chi connectivity index (χ4v) is 3.82. The molecule has 0 radical (unpaired) electrons. The lowest BCUT2D eigenvalue weighted by Crippen LogP contribution is -2.22. The molecule has 28 heavy (non-hydrogen) atoms. The maximum atomic E-state index is 12.7. The first kappa shape index (κ1) is 18.1. The Balaban J connectivity index is 1.97. The molecule has 2 aromatic heterocycles. The molecule has 6 heteroatoms. The number of hydrogen-bond acceptors (Lipinski definition) is 3. The quantitative estimate of drug-likeness (QED) is 0.527. The predicted octanol–water partition coefficient (Wildman–Crippen LogP) is 4.33. The number of nitrogens with zero attached hydrogens (tertiary/aromatic N) is 3. The van der Waals surface area contributed by atoms with Gasteiger partial charge in [-0.15, -0.1) is 0 Å². The highest BCUT2D eigenvalue weighted by Crippen LogP contribution is 2.37. The third kappa shape index (κ3) is 2.81. The molecule has 0 saturated heterocycles. The molecule has 0 unspecified atom stereocenters. The van der Waals surface area contributed by atoms with Crippen molar-refractivity contribution in [3.05, 3.63) is 59.0 Å². The Kier molecular flexibility index (Phi) is 4.77. The number of imidazole rings is 1. The highest BCUT2D eigenvalue weighted by Gasteiger charge is 2.19. The van der Waals surface area contributed by atoms with E-state index < -0.39 is 0 Å². The summed E-state index contributed by atoms with van der Waals surface area (Å²) in [5.74, 6) is 0.820. The molecule has 0 saturated carbocycles. The third-order valence-electron chi connectivity index (χ3n) is 5.11. The summed E-state index contributed by atoms with van der Waals surface area (Å²) in [5, 5.41) is 11.1. The monoisotopic (exact) mass is 375 g/mol. The Morgan fingerprint density at radius 3 is 2.32 bits per heavy atom. The van der Waals surface area contributed by atoms with Crippen LogP contribution < -0.4 is 11.0 Å². The van der Waals surface area contributed by atoms with Gasteiger partial charge < -0.3 is 5.32 Å². The van der Waals surface area contributed by atoms with Crippen LogP contribution in [0.15, 0.2) is 53.3 Å². The van der Waals surface area contributed by atoms with Crippen molar-refractivity contribution in [2.45, 2.75) is 33.9 Å². The summed E-state index contributed by atoms with van der Waals surface area (Å²) < 4.78 is 3.65. The summed E-state index contributed by atoms with van der Waals surface area (Å²) >= 11 is 0. The molecule has 0 spiro atoms. The van der Waals surface area contributed by atoms with E-state index in [1.54, 1.807) is 0 Å². The van der Waals surface area contributed by atoms with Crippen molar-refractivity contribution in [2.24, 2.45) is 0 Å². The minimum absolute atomic E-state index is 0.0412. The largest absolute Gasteiger partial charge is 0.368 e. The molecule has 0 aliphatic rings. The molecule has 4 aromatic rings. The first-order chi connectivity index (χ1) is 13.7. The van der Waals surface area contributed by atoms with E-state index in [9.17, 15) is 4.79 Å². The normalized spacial score (nSPS) is 11.2. The molecule has 2 N–H and O–H groups in total. The standard InChI is InChI=1S/C22H25N5O/c1-4-23-21-19(20(24-25-21)15-10-8-7-9-11-15)16-12-13-17-18(14-16)27(6-3)22(28)26(17)5-2/h7-14H,4-6H2,1-3H3,(H2,23,24,25). The highest BCUT2D eigenvalue weighted by molar-refractivity contribution is 5.92. The van der Waals surface area contributed by atoms with Crippen molar-refractivity contribution in [2.75, 3.05) is 11.9 Å². The molecule has 144 valence electrons. The van der Waals surface area contributed by atoms with E-state index in [1.165, 1.54) is 0 Å². The number of aromatic amines is 1. The van der Waals surface area contributed by atoms with Gasteiger partial charge in [-0.25, -0.2) is 4.79 Å². The molecule has 4 rings (SSSR count). The molecule has 0 fully saturated rings. The zero-order valence-electron chi connectivity index (χ0n) is 16.5. The number of aryl methyl sites for hydroxylation is 2. The molecule has 0 aliphatic heterocycles. The van der Waals surface area contributed by atoms with E-state index in [2.05, 4.69) is 46.7 Å². The van der Waals surface area contributed by atoms with Crippen LogP contribution in [0.25, 0.3) is 33.4 Å². The van der Waals surface area contributed by atoms with Gasteiger partial charge in [-0.1, -0.05) is 36.4 Å². The second kappa shape index (κ2) is 7.38. The Morgan fingerprint density at radius 1 is 0.929 bits per heavy atom. The van der Waals surface area contributed by atoms with Gasteiger partial charge in [0, 0.05) is 25.2 Å². The van der Waals surface area contributed by atoms with Gasteiger partial charge in [0.1, 0.15) is 0 Å². The fourth-order valence-electron chi connectivity index (χ4n) is 3.82. The average Bonchev–Trinajstić information content (AvgIpc) is 3.26. The van der Waals surface area contributed by atoms with E-state index in [4.69, 9.17) is 0 Å². The summed E-state index contributed by atoms with van der Waals surface area (Å²) in [7, 11) is 0. The Labute approximate surface area is 163 Å². The second-order valence-electron chi connectivity index (χ2n) is 6.69. The number of H-pyrrole nitrogens is 1. The van der Waals surface area contributed by atoms with Crippen LogP contribution in [0.2, 0.25) is 0 Å². The molecule has 2 heterocycles. The van der Waals surface area contributed by atoms with Crippen molar-refractivity contribution in [1.82, 2.24) is 19.3 Å². The molecule has 0 atom stereocenters. The van der Waals surface area contributed by atoms with E-state index in [1.807, 2.05) is 47.2 Å². The lowest BCUT2D eigenvalue weighted by Gasteiger charge is -2.09. The van der Waals surface area contributed by atoms with Crippen LogP contribution in [-0.4, -0.2) is 25.9 Å². The Bertz CT molecular complexity index is 1170. The molecule has 2 aromatic carbocycles. The first-order valence-corrected chi connectivity index (χ1v) is 9.80. The molecule has 6 nitrogen and oxygen atoms in total. The van der Waals surface area contributed by atoms with Gasteiger partial charge in [-0.05, 0) is 38.5 Å². The van der Waals surface area contributed by atoms with Crippen LogP contribution >= 0.6 is 0 Å². The van der Waals surface area contributed by atoms with Crippen molar-refractivity contribution in [1.29, 1.82) is 0 Å². The minimum Gasteiger partial charge on any atom is -0.368 e. The van der Waals surface area contributed by atoms with Crippen molar-refractivity contribution >= 4 is 16.9 Å². The number of nitrogens with one attached hydrogen (secondary N) is 2. The number of aromatic nitrogens is 4. The Hall–Kier alpha value is -3.28. The van der Waals surface area contributed by atoms with Gasteiger partial charge in [0.15, 0.2) is 5.82 Å². The zero-order valence-corrected chi connectivity index (χ0v) is 16.5. The lowest BCUT2D eigenvalue weighted by atomic mass is 10.00. The second-order valence-corrected chi connectivity index (χ2v) is 6.69. The van der Waals surface area contributed by atoms with Crippen LogP contribution in [0.5, 0.6) is 0 Å². The number of benzene rings is 2. The molecular formula is C22H25N5O. The maximum Gasteiger partial charge on any atom is 0.329 e. The van der Waals surface area contributed by atoms with Gasteiger partial charge in [-0.2, -0.15) is 5.10 Å². The summed E-state index contributed by atoms with van der Waals surface area (Å²) in [5.41, 5.74) is 6.06. The smallest absolute Gasteiger partial charge is 0.329 e. The summed E-state index contributed by atoms with van der Waals surface area (Å²) in [6.45, 7) is 8.14. The Morgan fingerprint density at radius 2 is 1.64 bits per heavy atom. The van der Waals surface area contributed by atoms with Crippen LogP contribution in [0.1, 0.15) is 20.8 Å². The number of fused-ring (bicyclic) bond motifs is 1. The SMILES string of the molecule is CCNc1n[nH]c(-c2ccccc2)c1-c1ccc2c(c1)n(CC)c(=O)n2CC. The van der Waals surface area contributed by atoms with Gasteiger partial charge in [-0.3, -0.25) is 14.2 Å². The molecule has 0 amide bonds. The number of rotatable bonds is 6. The zero-order chi connectivity index (χ0) is 19.7. The van der Waals surface area contributed by atoms with Gasteiger partial charge in [0.2, 0.25) is 0 Å². The maximum absolute atomic E-state index is 12.7. The van der Waals surface area contributed by atoms with E-state index in [0.29, 0.717) is 13.1 Å². The summed E-state index contributed by atoms with van der Waals surface area (Å²) in [6, 6.07) is 16.4. The highest BCUT2D eigenvalue weighted by atomic mass is 16.1. The van der Waals surface area contributed by atoms with Crippen molar-refractivity contribution < 1.29 is 0 Å². The summed E-state index contributed by atoms with van der Waals surface area (Å²) in [4.78, 5) is 12.7. The predicted molar refractivity (Wildman–Crippen MR) is 115 cm³/mol. The van der Waals surface area contributed by atoms with Crippen LogP contribution in [0.4, 0.5) is 5.82 Å². The van der Waals surface area contributed by atoms with Gasteiger partial charge in [0.25, 0.3) is 0 Å². The van der Waals surface area contributed by atoms with Crippen LogP contribution in [-0.2, 0) is 13.1 Å². The van der Waals surface area contributed by atoms with E-state index in [-0.39, 0.29) is 5.69 Å². The summed E-state index contributed by atoms with van der Waals surface area (Å²) in [6.07, 6.45) is 0. The first-order valence-electron chi connectivity index (χ1n) is 9.80. The van der Waals surface area contributed by atoms with Crippen molar-refractivity contribution in [3.63, 3.8) is 0 Å². The molecule has 0 aliphatic carbocycles. The number of anilines is 1. The van der Waals surface area contributed by atoms with E-state index >= 15 is 0 Å². The van der Waals surface area contributed by atoms with Gasteiger partial charge >= 0.3 is 5.69 Å².